The summed E-state index contributed by atoms with van der Waals surface area (Å²) in [4.78, 5) is 15.3. The molecule has 1 aromatic heterocycles. The summed E-state index contributed by atoms with van der Waals surface area (Å²) in [6.07, 6.45) is 1.39. The molecule has 0 fully saturated rings. The highest BCUT2D eigenvalue weighted by atomic mass is 19.1. The Morgan fingerprint density at radius 3 is 2.71 bits per heavy atom. The Hall–Kier alpha value is -2.50. The van der Waals surface area contributed by atoms with Gasteiger partial charge in [-0.25, -0.2) is 18.6 Å². The second-order valence-electron chi connectivity index (χ2n) is 4.54. The van der Waals surface area contributed by atoms with Crippen LogP contribution in [0.5, 0.6) is 0 Å². The summed E-state index contributed by atoms with van der Waals surface area (Å²) in [5, 5.41) is 11.7. The summed E-state index contributed by atoms with van der Waals surface area (Å²) in [6.45, 7) is 1.94. The van der Waals surface area contributed by atoms with Crippen LogP contribution in [0.25, 0.3) is 0 Å². The number of carboxylic acids is 1. The molecule has 0 bridgehead atoms. The van der Waals surface area contributed by atoms with Gasteiger partial charge in [0.1, 0.15) is 17.5 Å². The van der Waals surface area contributed by atoms with E-state index in [0.29, 0.717) is 12.1 Å². The predicted molar refractivity (Wildman–Crippen MR) is 74.8 cm³/mol. The first-order valence-corrected chi connectivity index (χ1v) is 6.46. The van der Waals surface area contributed by atoms with E-state index < -0.39 is 17.6 Å². The monoisotopic (exact) mass is 292 g/mol. The van der Waals surface area contributed by atoms with Crippen molar-refractivity contribution in [2.24, 2.45) is 0 Å². The molecule has 0 radical (unpaired) electrons. The summed E-state index contributed by atoms with van der Waals surface area (Å²) in [7, 11) is 0. The van der Waals surface area contributed by atoms with Crippen molar-refractivity contribution in [2.75, 3.05) is 5.32 Å². The van der Waals surface area contributed by atoms with Crippen molar-refractivity contribution in [3.05, 3.63) is 53.2 Å². The molecule has 6 heteroatoms. The molecule has 110 valence electrons. The zero-order valence-corrected chi connectivity index (χ0v) is 11.4. The predicted octanol–water partition coefficient (Wildman–Crippen LogP) is 3.75. The molecule has 0 saturated heterocycles. The first kappa shape index (κ1) is 14.9. The molecule has 4 nitrogen and oxygen atoms in total. The third kappa shape index (κ3) is 3.75. The van der Waals surface area contributed by atoms with Gasteiger partial charge in [0.25, 0.3) is 0 Å². The standard InChI is InChI=1S/C15H14F2N2O2/c1-2-3-11-6-9(15(20)21)7-14(18-11)19-13-8-10(16)4-5-12(13)17/h4-8H,2-3H2,1H3,(H,18,19)(H,20,21). The van der Waals surface area contributed by atoms with Crippen molar-refractivity contribution < 1.29 is 18.7 Å². The van der Waals surface area contributed by atoms with Crippen LogP contribution in [0.15, 0.2) is 30.3 Å². The van der Waals surface area contributed by atoms with E-state index in [1.807, 2.05) is 6.92 Å². The minimum absolute atomic E-state index is 0.0489. The van der Waals surface area contributed by atoms with Crippen LogP contribution in [0.3, 0.4) is 0 Å². The molecule has 1 heterocycles. The zero-order chi connectivity index (χ0) is 15.4. The number of aromatic nitrogens is 1. The van der Waals surface area contributed by atoms with Gasteiger partial charge < -0.3 is 10.4 Å². The molecule has 0 atom stereocenters. The van der Waals surface area contributed by atoms with Crippen molar-refractivity contribution in [1.82, 2.24) is 4.98 Å². The van der Waals surface area contributed by atoms with E-state index in [0.717, 1.165) is 24.6 Å². The number of halogens is 2. The first-order valence-electron chi connectivity index (χ1n) is 6.46. The number of hydrogen-bond acceptors (Lipinski definition) is 3. The fourth-order valence-electron chi connectivity index (χ4n) is 1.89. The van der Waals surface area contributed by atoms with Gasteiger partial charge in [-0.2, -0.15) is 0 Å². The number of benzene rings is 1. The summed E-state index contributed by atoms with van der Waals surface area (Å²) in [5.41, 5.74) is 0.539. The normalized spacial score (nSPS) is 10.4. The van der Waals surface area contributed by atoms with E-state index in [4.69, 9.17) is 5.11 Å². The van der Waals surface area contributed by atoms with Crippen molar-refractivity contribution in [3.8, 4) is 0 Å². The smallest absolute Gasteiger partial charge is 0.335 e. The molecule has 21 heavy (non-hydrogen) atoms. The molecule has 0 aliphatic carbocycles. The van der Waals surface area contributed by atoms with E-state index in [2.05, 4.69) is 10.3 Å². The van der Waals surface area contributed by atoms with Gasteiger partial charge in [0.15, 0.2) is 0 Å². The Morgan fingerprint density at radius 2 is 2.05 bits per heavy atom. The number of hydrogen-bond donors (Lipinski definition) is 2. The van der Waals surface area contributed by atoms with Gasteiger partial charge >= 0.3 is 5.97 Å². The van der Waals surface area contributed by atoms with E-state index in [1.54, 1.807) is 0 Å². The van der Waals surface area contributed by atoms with Crippen LogP contribution >= 0.6 is 0 Å². The second-order valence-corrected chi connectivity index (χ2v) is 4.54. The Kier molecular flexibility index (Phi) is 4.47. The highest BCUT2D eigenvalue weighted by molar-refractivity contribution is 5.88. The molecular weight excluding hydrogens is 278 g/mol. The third-order valence-corrected chi connectivity index (χ3v) is 2.82. The number of carboxylic acid groups (broad SMARTS) is 1. The Morgan fingerprint density at radius 1 is 1.29 bits per heavy atom. The van der Waals surface area contributed by atoms with Crippen LogP contribution in [0.4, 0.5) is 20.3 Å². The molecule has 0 saturated carbocycles. The van der Waals surface area contributed by atoms with Gasteiger partial charge in [-0.3, -0.25) is 0 Å². The summed E-state index contributed by atoms with van der Waals surface area (Å²) >= 11 is 0. The number of nitrogens with one attached hydrogen (secondary N) is 1. The Bertz CT molecular complexity index is 675. The average molecular weight is 292 g/mol. The van der Waals surface area contributed by atoms with Crippen LogP contribution in [0, 0.1) is 11.6 Å². The molecule has 0 spiro atoms. The van der Waals surface area contributed by atoms with Gasteiger partial charge in [-0.15, -0.1) is 0 Å². The van der Waals surface area contributed by atoms with Crippen molar-refractivity contribution in [2.45, 2.75) is 19.8 Å². The molecule has 0 aliphatic rings. The average Bonchev–Trinajstić information content (AvgIpc) is 2.43. The van der Waals surface area contributed by atoms with Crippen LogP contribution in [0.2, 0.25) is 0 Å². The Labute approximate surface area is 120 Å². The van der Waals surface area contributed by atoms with Crippen molar-refractivity contribution in [1.29, 1.82) is 0 Å². The summed E-state index contributed by atoms with van der Waals surface area (Å²) in [5.74, 6) is -2.17. The topological polar surface area (TPSA) is 62.2 Å². The molecule has 2 rings (SSSR count). The van der Waals surface area contributed by atoms with Crippen LogP contribution in [-0.2, 0) is 6.42 Å². The van der Waals surface area contributed by atoms with Crippen LogP contribution in [-0.4, -0.2) is 16.1 Å². The maximum absolute atomic E-state index is 13.6. The molecule has 0 aliphatic heterocycles. The number of pyridine rings is 1. The lowest BCUT2D eigenvalue weighted by Crippen LogP contribution is -2.04. The minimum Gasteiger partial charge on any atom is -0.478 e. The highest BCUT2D eigenvalue weighted by Gasteiger charge is 2.10. The fraction of sp³-hybridized carbons (Fsp3) is 0.200. The molecule has 0 amide bonds. The van der Waals surface area contributed by atoms with E-state index in [9.17, 15) is 13.6 Å². The number of aromatic carboxylic acids is 1. The number of anilines is 2. The maximum Gasteiger partial charge on any atom is 0.335 e. The van der Waals surface area contributed by atoms with E-state index in [-0.39, 0.29) is 17.1 Å². The molecule has 1 aromatic carbocycles. The first-order chi connectivity index (χ1) is 9.99. The number of nitrogens with zero attached hydrogens (tertiary/aromatic N) is 1. The largest absolute Gasteiger partial charge is 0.478 e. The van der Waals surface area contributed by atoms with Gasteiger partial charge in [0, 0.05) is 11.8 Å². The minimum atomic E-state index is -1.10. The third-order valence-electron chi connectivity index (χ3n) is 2.82. The van der Waals surface area contributed by atoms with Crippen LogP contribution in [0.1, 0.15) is 29.4 Å². The van der Waals surface area contributed by atoms with Gasteiger partial charge in [0.05, 0.1) is 11.3 Å². The second kappa shape index (κ2) is 6.30. The van der Waals surface area contributed by atoms with Crippen molar-refractivity contribution in [3.63, 3.8) is 0 Å². The maximum atomic E-state index is 13.6. The van der Waals surface area contributed by atoms with Crippen molar-refractivity contribution >= 4 is 17.5 Å². The SMILES string of the molecule is CCCc1cc(C(=O)O)cc(Nc2cc(F)ccc2F)n1. The number of aryl methyl sites for hydroxylation is 1. The summed E-state index contributed by atoms with van der Waals surface area (Å²) < 4.78 is 26.7. The van der Waals surface area contributed by atoms with Gasteiger partial charge in [-0.05, 0) is 30.7 Å². The van der Waals surface area contributed by atoms with Gasteiger partial charge in [0.2, 0.25) is 0 Å². The quantitative estimate of drug-likeness (QED) is 0.881. The summed E-state index contributed by atoms with van der Waals surface area (Å²) in [6, 6.07) is 5.74. The molecular formula is C15H14F2N2O2. The number of rotatable bonds is 5. The lowest BCUT2D eigenvalue weighted by Gasteiger charge is -2.10. The van der Waals surface area contributed by atoms with Gasteiger partial charge in [-0.1, -0.05) is 13.3 Å². The lowest BCUT2D eigenvalue weighted by molar-refractivity contribution is 0.0696. The molecule has 2 aromatic rings. The van der Waals surface area contributed by atoms with E-state index >= 15 is 0 Å². The Balaban J connectivity index is 2.38. The highest BCUT2D eigenvalue weighted by Crippen LogP contribution is 2.21. The van der Waals surface area contributed by atoms with Crippen LogP contribution < -0.4 is 5.32 Å². The number of carbonyl (C=O) groups is 1. The molecule has 0 unspecified atom stereocenters. The lowest BCUT2D eigenvalue weighted by atomic mass is 10.1. The fourth-order valence-corrected chi connectivity index (χ4v) is 1.89. The molecule has 2 N–H and O–H groups in total. The van der Waals surface area contributed by atoms with E-state index in [1.165, 1.54) is 12.1 Å². The zero-order valence-electron chi connectivity index (χ0n) is 11.4.